The summed E-state index contributed by atoms with van der Waals surface area (Å²) in [5, 5.41) is 0. The molecule has 0 bridgehead atoms. The van der Waals surface area contributed by atoms with Gasteiger partial charge in [0.05, 0.1) is 0 Å². The Morgan fingerprint density at radius 2 is 1.68 bits per heavy atom. The van der Waals surface area contributed by atoms with Crippen LogP contribution in [0.2, 0.25) is 6.04 Å². The Kier molecular flexibility index (Phi) is 11.8. The molecule has 0 aromatic carbocycles. The second-order valence-corrected chi connectivity index (χ2v) is 9.21. The summed E-state index contributed by atoms with van der Waals surface area (Å²) in [7, 11) is 14.2. The van der Waals surface area contributed by atoms with Gasteiger partial charge in [0.2, 0.25) is 0 Å². The molecule has 0 unspecified atom stereocenters. The number of rotatable bonds is 7. The average molecular weight is 423 g/mol. The van der Waals surface area contributed by atoms with Crippen LogP contribution in [0.25, 0.3) is 0 Å². The van der Waals surface area contributed by atoms with Crippen molar-refractivity contribution < 1.29 is 29.2 Å². The number of hydrogen-bond acceptors (Lipinski definition) is 5. The molecule has 1 aliphatic heterocycles. The molecule has 0 radical (unpaired) electrons. The maximum atomic E-state index is 5.36. The molecule has 5 nitrogen and oxygen atoms in total. The minimum atomic E-state index is -2.38. The van der Waals surface area contributed by atoms with Crippen molar-refractivity contribution in [2.45, 2.75) is 12.5 Å². The van der Waals surface area contributed by atoms with Crippen molar-refractivity contribution >= 4 is 27.9 Å². The molecule has 0 spiro atoms. The molecule has 0 aromatic rings. The molecule has 0 aliphatic carbocycles. The molecule has 0 aromatic heterocycles. The molecule has 1 heterocycles. The van der Waals surface area contributed by atoms with Crippen LogP contribution in [0.15, 0.2) is 12.4 Å². The van der Waals surface area contributed by atoms with Crippen molar-refractivity contribution in [3.05, 3.63) is 19.1 Å². The summed E-state index contributed by atoms with van der Waals surface area (Å²) >= 11 is -0.106. The quantitative estimate of drug-likeness (QED) is 0.465. The van der Waals surface area contributed by atoms with Crippen LogP contribution < -0.4 is 0 Å². The zero-order chi connectivity index (χ0) is 14.7. The second kappa shape index (κ2) is 11.4. The summed E-state index contributed by atoms with van der Waals surface area (Å²) in [5.74, 6) is 0. The summed E-state index contributed by atoms with van der Waals surface area (Å²) in [6, 6.07) is 0.832. The van der Waals surface area contributed by atoms with Crippen LogP contribution in [0.4, 0.5) is 0 Å². The summed E-state index contributed by atoms with van der Waals surface area (Å²) in [4.78, 5) is 4.16. The number of halogens is 2. The van der Waals surface area contributed by atoms with Gasteiger partial charge in [0, 0.05) is 27.4 Å². The van der Waals surface area contributed by atoms with Crippen molar-refractivity contribution in [1.29, 1.82) is 0 Å². The van der Waals surface area contributed by atoms with Crippen LogP contribution in [-0.4, -0.2) is 53.5 Å². The van der Waals surface area contributed by atoms with E-state index in [1.165, 1.54) is 0 Å². The molecule has 9 heteroatoms. The molecule has 0 N–H and O–H groups in total. The van der Waals surface area contributed by atoms with Crippen molar-refractivity contribution in [1.82, 2.24) is 9.80 Å². The van der Waals surface area contributed by atoms with Crippen LogP contribution >= 0.6 is 19.1 Å². The Balaban J connectivity index is 0.000000982. The topological polar surface area (TPSA) is 34.2 Å². The van der Waals surface area contributed by atoms with Gasteiger partial charge in [-0.2, -0.15) is 6.67 Å². The summed E-state index contributed by atoms with van der Waals surface area (Å²) in [5.41, 5.74) is 0. The molecule has 1 aliphatic rings. The van der Waals surface area contributed by atoms with Crippen LogP contribution in [-0.2, 0) is 29.2 Å². The molecular weight excluding hydrogens is 402 g/mol. The first-order valence-electron chi connectivity index (χ1n) is 5.56. The fourth-order valence-corrected chi connectivity index (χ4v) is 3.37. The zero-order valence-corrected chi connectivity index (χ0v) is 15.6. The van der Waals surface area contributed by atoms with Gasteiger partial charge in [-0.15, -0.1) is 0 Å². The number of nitrogens with zero attached hydrogens (tertiary/aromatic N) is 2. The van der Waals surface area contributed by atoms with E-state index in [-0.39, 0.29) is 15.9 Å². The summed E-state index contributed by atoms with van der Waals surface area (Å²) in [6.07, 6.45) is 5.06. The van der Waals surface area contributed by atoms with E-state index in [2.05, 4.69) is 17.8 Å². The molecule has 0 amide bonds. The Bertz CT molecular complexity index is 253. The number of hydrogen-bond donors (Lipinski definition) is 0. The third-order valence-electron chi connectivity index (χ3n) is 2.66. The fourth-order valence-electron chi connectivity index (χ4n) is 1.67. The maximum absolute atomic E-state index is 5.36. The molecule has 0 saturated heterocycles. The molecule has 118 valence electrons. The van der Waals surface area contributed by atoms with Gasteiger partial charge >= 0.3 is 43.8 Å². The third kappa shape index (κ3) is 7.88. The summed E-state index contributed by atoms with van der Waals surface area (Å²) in [6.45, 7) is 3.00. The van der Waals surface area contributed by atoms with Gasteiger partial charge in [0.25, 0.3) is 0 Å². The predicted molar refractivity (Wildman–Crippen MR) is 75.8 cm³/mol. The first-order valence-corrected chi connectivity index (χ1v) is 11.5. The van der Waals surface area contributed by atoms with Gasteiger partial charge in [-0.3, -0.25) is 0 Å². The molecule has 1 rings (SSSR count). The Morgan fingerprint density at radius 3 is 2.05 bits per heavy atom. The first-order chi connectivity index (χ1) is 9.07. The van der Waals surface area contributed by atoms with Crippen LogP contribution in [0.5, 0.6) is 0 Å². The molecule has 0 atom stereocenters. The zero-order valence-electron chi connectivity index (χ0n) is 11.5. The van der Waals surface area contributed by atoms with E-state index in [1.807, 2.05) is 18.1 Å². The van der Waals surface area contributed by atoms with E-state index in [1.54, 1.807) is 21.3 Å². The standard InChI is InChI=1S/C10H21N2O3Si.2ClH.Pd/c1-11-7-8-12(10-11)6-5-9-16(13-2,14-3)15-4;;;/h7-8,10H,5-6,9H2,1-4H3;2*1H;/q-1;;;+2/p-2. The van der Waals surface area contributed by atoms with Crippen molar-refractivity contribution in [3.8, 4) is 0 Å². The monoisotopic (exact) mass is 421 g/mol. The van der Waals surface area contributed by atoms with E-state index in [4.69, 9.17) is 32.3 Å². The normalized spacial score (nSPS) is 14.8. The van der Waals surface area contributed by atoms with E-state index >= 15 is 0 Å². The molecule has 0 fully saturated rings. The second-order valence-electron chi connectivity index (χ2n) is 3.76. The van der Waals surface area contributed by atoms with Crippen molar-refractivity contribution in [3.63, 3.8) is 0 Å². The van der Waals surface area contributed by atoms with E-state index in [0.717, 1.165) is 19.0 Å². The molecule has 19 heavy (non-hydrogen) atoms. The Hall–Kier alpha value is 0.679. The van der Waals surface area contributed by atoms with Crippen LogP contribution in [0.3, 0.4) is 0 Å². The van der Waals surface area contributed by atoms with Crippen LogP contribution in [0, 0.1) is 6.67 Å². The van der Waals surface area contributed by atoms with E-state index in [0.29, 0.717) is 0 Å². The summed E-state index contributed by atoms with van der Waals surface area (Å²) < 4.78 is 16.1. The van der Waals surface area contributed by atoms with Crippen molar-refractivity contribution in [2.75, 3.05) is 34.9 Å². The Labute approximate surface area is 133 Å². The van der Waals surface area contributed by atoms with Gasteiger partial charge in [0.15, 0.2) is 0 Å². The van der Waals surface area contributed by atoms with Crippen molar-refractivity contribution in [2.24, 2.45) is 0 Å². The van der Waals surface area contributed by atoms with Gasteiger partial charge < -0.3 is 23.1 Å². The van der Waals surface area contributed by atoms with E-state index < -0.39 is 8.80 Å². The van der Waals surface area contributed by atoms with Gasteiger partial charge in [0.1, 0.15) is 0 Å². The van der Waals surface area contributed by atoms with Crippen LogP contribution in [0.1, 0.15) is 6.42 Å². The van der Waals surface area contributed by atoms with Gasteiger partial charge in [-0.05, 0) is 32.4 Å². The molecule has 0 saturated carbocycles. The molecular formula is C10H21Cl2N2O3PdSi-. The Morgan fingerprint density at radius 1 is 1.16 bits per heavy atom. The predicted octanol–water partition coefficient (Wildman–Crippen LogP) is 2.47. The fraction of sp³-hybridized carbons (Fsp3) is 0.700. The first kappa shape index (κ1) is 19.7. The SMILES string of the molecule is CO[Si](CCCN1C=CN(C)[CH-]1)(OC)OC.[Cl][Pd][Cl]. The van der Waals surface area contributed by atoms with E-state index in [9.17, 15) is 0 Å². The van der Waals surface area contributed by atoms with Gasteiger partial charge in [-0.1, -0.05) is 0 Å². The third-order valence-corrected chi connectivity index (χ3v) is 5.49. The van der Waals surface area contributed by atoms with Gasteiger partial charge in [-0.25, -0.2) is 0 Å². The minimum absolute atomic E-state index is 0.106. The average Bonchev–Trinajstić information content (AvgIpc) is 2.82.